The molecule has 0 unspecified atom stereocenters. The lowest BCUT2D eigenvalue weighted by atomic mass is 9.51. The molecular weight excluding hydrogens is 236 g/mol. The standard InChI is InChI=1S/C12H18N2O4/c1-8(15)13-11-3-9-2-10(4-11)6-12(5-9,7-11)18-14(16)17/h9-10H,2-7H2,1H3,(H,13,15)/t9-,10-,11?,12?/m0/s1. The van der Waals surface area contributed by atoms with E-state index >= 15 is 0 Å². The van der Waals surface area contributed by atoms with Crippen LogP contribution in [0.15, 0.2) is 0 Å². The highest BCUT2D eigenvalue weighted by molar-refractivity contribution is 5.74. The zero-order valence-corrected chi connectivity index (χ0v) is 10.5. The number of rotatable bonds is 3. The molecule has 1 amide bonds. The summed E-state index contributed by atoms with van der Waals surface area (Å²) in [7, 11) is 0. The molecule has 0 saturated heterocycles. The fraction of sp³-hybridized carbons (Fsp3) is 0.917. The van der Waals surface area contributed by atoms with E-state index in [1.807, 2.05) is 0 Å². The number of hydrogen-bond donors (Lipinski definition) is 1. The second-order valence-corrected chi connectivity index (χ2v) is 6.42. The second kappa shape index (κ2) is 3.59. The average molecular weight is 254 g/mol. The van der Waals surface area contributed by atoms with Crippen molar-refractivity contribution < 1.29 is 14.7 Å². The first-order valence-electron chi connectivity index (χ1n) is 6.53. The summed E-state index contributed by atoms with van der Waals surface area (Å²) in [6.45, 7) is 1.51. The Balaban J connectivity index is 1.87. The SMILES string of the molecule is CC(=O)NC12C[C@@H]3C[C@@H](C1)CC(O[N+](=O)[O-])(C3)C2. The monoisotopic (exact) mass is 254 g/mol. The number of carbonyl (C=O) groups is 1. The Morgan fingerprint density at radius 3 is 2.44 bits per heavy atom. The fourth-order valence-corrected chi connectivity index (χ4v) is 4.96. The van der Waals surface area contributed by atoms with E-state index in [1.54, 1.807) is 0 Å². The molecule has 18 heavy (non-hydrogen) atoms. The van der Waals surface area contributed by atoms with Crippen LogP contribution < -0.4 is 5.32 Å². The molecule has 1 N–H and O–H groups in total. The first-order chi connectivity index (χ1) is 8.40. The molecule has 4 bridgehead atoms. The lowest BCUT2D eigenvalue weighted by Gasteiger charge is -2.60. The number of hydrogen-bond acceptors (Lipinski definition) is 4. The molecule has 4 saturated carbocycles. The largest absolute Gasteiger partial charge is 0.351 e. The van der Waals surface area contributed by atoms with Crippen LogP contribution in [0.2, 0.25) is 0 Å². The predicted molar refractivity (Wildman–Crippen MR) is 62.0 cm³/mol. The third-order valence-corrected chi connectivity index (χ3v) is 4.72. The summed E-state index contributed by atoms with van der Waals surface area (Å²) in [5.41, 5.74) is -0.901. The minimum atomic E-state index is -0.658. The van der Waals surface area contributed by atoms with E-state index in [1.165, 1.54) is 6.92 Å². The third-order valence-electron chi connectivity index (χ3n) is 4.72. The van der Waals surface area contributed by atoms with Crippen molar-refractivity contribution in [1.29, 1.82) is 0 Å². The van der Waals surface area contributed by atoms with Gasteiger partial charge in [0.25, 0.3) is 5.09 Å². The topological polar surface area (TPSA) is 81.5 Å². The molecule has 0 aromatic rings. The number of carbonyl (C=O) groups excluding carboxylic acids is 1. The van der Waals surface area contributed by atoms with Crippen molar-refractivity contribution in [3.05, 3.63) is 10.1 Å². The first-order valence-corrected chi connectivity index (χ1v) is 6.53. The van der Waals surface area contributed by atoms with Crippen LogP contribution >= 0.6 is 0 Å². The maximum absolute atomic E-state index is 11.4. The molecule has 4 fully saturated rings. The van der Waals surface area contributed by atoms with Crippen molar-refractivity contribution in [1.82, 2.24) is 5.32 Å². The van der Waals surface area contributed by atoms with Crippen molar-refractivity contribution in [3.8, 4) is 0 Å². The molecule has 2 atom stereocenters. The Morgan fingerprint density at radius 2 is 1.94 bits per heavy atom. The van der Waals surface area contributed by atoms with Crippen molar-refractivity contribution in [2.45, 2.75) is 56.6 Å². The lowest BCUT2D eigenvalue weighted by Crippen LogP contribution is -2.66. The van der Waals surface area contributed by atoms with Gasteiger partial charge in [0.2, 0.25) is 5.91 Å². The van der Waals surface area contributed by atoms with E-state index in [2.05, 4.69) is 5.32 Å². The summed E-state index contributed by atoms with van der Waals surface area (Å²) in [5, 5.41) is 13.1. The van der Waals surface area contributed by atoms with Gasteiger partial charge < -0.3 is 10.2 Å². The first kappa shape index (κ1) is 11.7. The van der Waals surface area contributed by atoms with Crippen molar-refractivity contribution in [2.75, 3.05) is 0 Å². The van der Waals surface area contributed by atoms with E-state index in [9.17, 15) is 14.9 Å². The Labute approximate surface area is 105 Å². The molecule has 0 aliphatic heterocycles. The molecule has 0 radical (unpaired) electrons. The summed E-state index contributed by atoms with van der Waals surface area (Å²) in [6, 6.07) is 0. The summed E-state index contributed by atoms with van der Waals surface area (Å²) in [6.07, 6.45) is 5.16. The van der Waals surface area contributed by atoms with Crippen LogP contribution in [-0.2, 0) is 9.63 Å². The Hall–Kier alpha value is -1.33. The van der Waals surface area contributed by atoms with Gasteiger partial charge in [0.1, 0.15) is 5.60 Å². The fourth-order valence-electron chi connectivity index (χ4n) is 4.96. The molecule has 6 heteroatoms. The molecule has 0 aromatic carbocycles. The smallest absolute Gasteiger partial charge is 0.295 e. The molecule has 0 aromatic heterocycles. The van der Waals surface area contributed by atoms with E-state index in [-0.39, 0.29) is 11.4 Å². The number of amides is 1. The van der Waals surface area contributed by atoms with Crippen molar-refractivity contribution in [3.63, 3.8) is 0 Å². The van der Waals surface area contributed by atoms with Gasteiger partial charge in [0.15, 0.2) is 0 Å². The molecule has 0 heterocycles. The van der Waals surface area contributed by atoms with E-state index in [4.69, 9.17) is 4.84 Å². The predicted octanol–water partition coefficient (Wildman–Crippen LogP) is 1.42. The highest BCUT2D eigenvalue weighted by Gasteiger charge is 2.60. The maximum Gasteiger partial charge on any atom is 0.295 e. The quantitative estimate of drug-likeness (QED) is 0.610. The van der Waals surface area contributed by atoms with Crippen LogP contribution in [0.3, 0.4) is 0 Å². The van der Waals surface area contributed by atoms with Crippen LogP contribution in [0.4, 0.5) is 0 Å². The minimum absolute atomic E-state index is 0.0480. The Bertz CT molecular complexity index is 361. The normalized spacial score (nSPS) is 44.7. The number of nitrogens with one attached hydrogen (secondary N) is 1. The lowest BCUT2D eigenvalue weighted by molar-refractivity contribution is -0.785. The van der Waals surface area contributed by atoms with E-state index in [0.29, 0.717) is 18.3 Å². The van der Waals surface area contributed by atoms with Gasteiger partial charge in [0.05, 0.1) is 0 Å². The minimum Gasteiger partial charge on any atom is -0.351 e. The molecule has 4 aliphatic carbocycles. The second-order valence-electron chi connectivity index (χ2n) is 6.42. The van der Waals surface area contributed by atoms with Gasteiger partial charge in [0, 0.05) is 12.5 Å². The van der Waals surface area contributed by atoms with Crippen LogP contribution in [0, 0.1) is 22.0 Å². The average Bonchev–Trinajstić information content (AvgIpc) is 2.08. The van der Waals surface area contributed by atoms with Crippen LogP contribution in [0.1, 0.15) is 45.4 Å². The van der Waals surface area contributed by atoms with Gasteiger partial charge in [-0.2, -0.15) is 0 Å². The summed E-state index contributed by atoms with van der Waals surface area (Å²) >= 11 is 0. The third kappa shape index (κ3) is 1.83. The highest BCUT2D eigenvalue weighted by atomic mass is 17.0. The molecule has 100 valence electrons. The summed E-state index contributed by atoms with van der Waals surface area (Å²) in [5.74, 6) is 0.865. The van der Waals surface area contributed by atoms with E-state index in [0.717, 1.165) is 32.1 Å². The van der Waals surface area contributed by atoms with Crippen LogP contribution in [0.25, 0.3) is 0 Å². The number of nitrogens with zero attached hydrogens (tertiary/aromatic N) is 1. The molecule has 6 nitrogen and oxygen atoms in total. The van der Waals surface area contributed by atoms with Gasteiger partial charge in [-0.15, -0.1) is 10.1 Å². The van der Waals surface area contributed by atoms with Gasteiger partial charge in [-0.05, 0) is 50.4 Å². The zero-order chi connectivity index (χ0) is 13.0. The Morgan fingerprint density at radius 1 is 1.33 bits per heavy atom. The molecule has 4 aliphatic rings. The van der Waals surface area contributed by atoms with Crippen molar-refractivity contribution >= 4 is 5.91 Å². The van der Waals surface area contributed by atoms with Gasteiger partial charge in [-0.25, -0.2) is 0 Å². The summed E-state index contributed by atoms with van der Waals surface area (Å²) in [4.78, 5) is 27.1. The molecular formula is C12H18N2O4. The van der Waals surface area contributed by atoms with Crippen LogP contribution in [-0.4, -0.2) is 22.1 Å². The van der Waals surface area contributed by atoms with Gasteiger partial charge in [-0.3, -0.25) is 4.79 Å². The summed E-state index contributed by atoms with van der Waals surface area (Å²) < 4.78 is 0. The molecule has 4 rings (SSSR count). The van der Waals surface area contributed by atoms with Gasteiger partial charge >= 0.3 is 0 Å². The van der Waals surface area contributed by atoms with E-state index < -0.39 is 10.7 Å². The Kier molecular flexibility index (Phi) is 2.34. The van der Waals surface area contributed by atoms with Crippen LogP contribution in [0.5, 0.6) is 0 Å². The zero-order valence-electron chi connectivity index (χ0n) is 10.5. The maximum atomic E-state index is 11.4. The highest BCUT2D eigenvalue weighted by Crippen LogP contribution is 2.58. The van der Waals surface area contributed by atoms with Gasteiger partial charge in [-0.1, -0.05) is 0 Å². The molecule has 0 spiro atoms. The van der Waals surface area contributed by atoms with Crippen molar-refractivity contribution in [2.24, 2.45) is 11.8 Å².